The van der Waals surface area contributed by atoms with Crippen LogP contribution in [0.5, 0.6) is 0 Å². The summed E-state index contributed by atoms with van der Waals surface area (Å²) in [6.07, 6.45) is -0.845. The van der Waals surface area contributed by atoms with E-state index in [2.05, 4.69) is 33.2 Å². The van der Waals surface area contributed by atoms with Gasteiger partial charge in [0.05, 0.1) is 23.1 Å². The number of alkyl halides is 3. The molecule has 0 bridgehead atoms. The van der Waals surface area contributed by atoms with E-state index in [-0.39, 0.29) is 5.69 Å². The summed E-state index contributed by atoms with van der Waals surface area (Å²) in [5.41, 5.74) is 5.49. The first-order chi connectivity index (χ1) is 14.7. The molecule has 31 heavy (non-hydrogen) atoms. The highest BCUT2D eigenvalue weighted by atomic mass is 19.4. The van der Waals surface area contributed by atoms with E-state index < -0.39 is 11.7 Å². The highest BCUT2D eigenvalue weighted by molar-refractivity contribution is 5.78. The number of hydrogen-bond acceptors (Lipinski definition) is 2. The second-order valence-corrected chi connectivity index (χ2v) is 7.72. The molecule has 2 aromatic carbocycles. The molecule has 4 nitrogen and oxygen atoms in total. The minimum Gasteiger partial charge on any atom is -0.377 e. The molecule has 0 fully saturated rings. The number of nitrogens with zero attached hydrogens (tertiary/aromatic N) is 3. The molecule has 0 aliphatic carbocycles. The quantitative estimate of drug-likeness (QED) is 0.436. The number of benzene rings is 2. The van der Waals surface area contributed by atoms with Crippen molar-refractivity contribution in [3.8, 4) is 16.8 Å². The molecule has 160 valence electrons. The van der Waals surface area contributed by atoms with Gasteiger partial charge in [-0.05, 0) is 36.8 Å². The summed E-state index contributed by atoms with van der Waals surface area (Å²) in [5.74, 6) is 0. The molecule has 0 spiro atoms. The van der Waals surface area contributed by atoms with Crippen LogP contribution < -0.4 is 4.90 Å². The van der Waals surface area contributed by atoms with Crippen LogP contribution >= 0.6 is 0 Å². The van der Waals surface area contributed by atoms with Gasteiger partial charge in [-0.25, -0.2) is 4.68 Å². The van der Waals surface area contributed by atoms with Crippen molar-refractivity contribution in [2.24, 2.45) is 0 Å². The number of para-hydroxylation sites is 1. The number of aromatic nitrogens is 3. The summed E-state index contributed by atoms with van der Waals surface area (Å²) in [5, 5.41) is 3.91. The van der Waals surface area contributed by atoms with E-state index in [0.717, 1.165) is 34.3 Å². The summed E-state index contributed by atoms with van der Waals surface area (Å²) < 4.78 is 40.4. The van der Waals surface area contributed by atoms with Gasteiger partial charge < -0.3 is 9.88 Å². The Kier molecular flexibility index (Phi) is 5.35. The number of anilines is 1. The highest BCUT2D eigenvalue weighted by Gasteiger charge is 2.35. The maximum atomic E-state index is 13.0. The molecule has 7 heteroatoms. The van der Waals surface area contributed by atoms with Gasteiger partial charge in [0.1, 0.15) is 0 Å². The number of rotatable bonds is 5. The Balaban J connectivity index is 1.53. The average molecular weight is 424 g/mol. The predicted octanol–water partition coefficient (Wildman–Crippen LogP) is 5.85. The van der Waals surface area contributed by atoms with Crippen LogP contribution in [0, 0.1) is 6.92 Å². The summed E-state index contributed by atoms with van der Waals surface area (Å²) in [6.45, 7) is 1.43. The SMILES string of the molecule is Cc1c(C(F)(F)F)cnn1-c1ccc(Cc2cc(-c3ccccc3N(C)C)c[nH]2)cc1. The highest BCUT2D eigenvalue weighted by Crippen LogP contribution is 2.33. The Morgan fingerprint density at radius 2 is 1.74 bits per heavy atom. The lowest BCUT2D eigenvalue weighted by Gasteiger charge is -2.16. The third-order valence-electron chi connectivity index (χ3n) is 5.33. The van der Waals surface area contributed by atoms with Crippen LogP contribution in [0.3, 0.4) is 0 Å². The average Bonchev–Trinajstić information content (AvgIpc) is 3.35. The second-order valence-electron chi connectivity index (χ2n) is 7.72. The van der Waals surface area contributed by atoms with E-state index >= 15 is 0 Å². The predicted molar refractivity (Wildman–Crippen MR) is 117 cm³/mol. The van der Waals surface area contributed by atoms with Gasteiger partial charge in [-0.1, -0.05) is 30.3 Å². The Labute approximate surface area is 179 Å². The number of halogens is 3. The lowest BCUT2D eigenvalue weighted by atomic mass is 10.0. The molecular formula is C24H23F3N4. The molecule has 2 aromatic heterocycles. The molecule has 0 radical (unpaired) electrons. The Hall–Kier alpha value is -3.48. The van der Waals surface area contributed by atoms with E-state index in [1.807, 2.05) is 44.6 Å². The van der Waals surface area contributed by atoms with Crippen LogP contribution in [0.2, 0.25) is 0 Å². The zero-order valence-electron chi connectivity index (χ0n) is 17.5. The van der Waals surface area contributed by atoms with Gasteiger partial charge in [0.15, 0.2) is 0 Å². The zero-order valence-corrected chi connectivity index (χ0v) is 17.5. The largest absolute Gasteiger partial charge is 0.419 e. The lowest BCUT2D eigenvalue weighted by molar-refractivity contribution is -0.138. The lowest BCUT2D eigenvalue weighted by Crippen LogP contribution is -2.09. The molecule has 1 N–H and O–H groups in total. The molecule has 2 heterocycles. The maximum Gasteiger partial charge on any atom is 0.419 e. The number of nitrogens with one attached hydrogen (secondary N) is 1. The molecule has 0 atom stereocenters. The molecule has 0 unspecified atom stereocenters. The van der Waals surface area contributed by atoms with Crippen LogP contribution in [0.1, 0.15) is 22.5 Å². The van der Waals surface area contributed by atoms with Crippen molar-refractivity contribution in [3.05, 3.63) is 89.5 Å². The molecule has 0 saturated heterocycles. The third kappa shape index (κ3) is 4.21. The smallest absolute Gasteiger partial charge is 0.377 e. The van der Waals surface area contributed by atoms with Crippen molar-refractivity contribution in [2.45, 2.75) is 19.5 Å². The van der Waals surface area contributed by atoms with Crippen molar-refractivity contribution >= 4 is 5.69 Å². The number of hydrogen-bond donors (Lipinski definition) is 1. The van der Waals surface area contributed by atoms with Crippen molar-refractivity contribution < 1.29 is 13.2 Å². The van der Waals surface area contributed by atoms with Gasteiger partial charge in [0.25, 0.3) is 0 Å². The van der Waals surface area contributed by atoms with Gasteiger partial charge in [0, 0.05) is 49.2 Å². The van der Waals surface area contributed by atoms with E-state index in [0.29, 0.717) is 12.1 Å². The van der Waals surface area contributed by atoms with Gasteiger partial charge in [-0.3, -0.25) is 0 Å². The van der Waals surface area contributed by atoms with Crippen molar-refractivity contribution in [3.63, 3.8) is 0 Å². The van der Waals surface area contributed by atoms with Crippen LogP contribution in [0.25, 0.3) is 16.8 Å². The summed E-state index contributed by atoms with van der Waals surface area (Å²) >= 11 is 0. The molecule has 0 aliphatic heterocycles. The summed E-state index contributed by atoms with van der Waals surface area (Å²) in [7, 11) is 4.04. The fourth-order valence-electron chi connectivity index (χ4n) is 3.73. The van der Waals surface area contributed by atoms with E-state index in [1.165, 1.54) is 11.6 Å². The Morgan fingerprint density at radius 3 is 2.39 bits per heavy atom. The van der Waals surface area contributed by atoms with Crippen molar-refractivity contribution in [2.75, 3.05) is 19.0 Å². The van der Waals surface area contributed by atoms with Gasteiger partial charge >= 0.3 is 6.18 Å². The molecule has 0 amide bonds. The van der Waals surface area contributed by atoms with Crippen LogP contribution in [-0.4, -0.2) is 28.9 Å². The molecule has 0 aliphatic rings. The minimum absolute atomic E-state index is 0.0776. The van der Waals surface area contributed by atoms with Crippen LogP contribution in [-0.2, 0) is 12.6 Å². The molecule has 4 aromatic rings. The normalized spacial score (nSPS) is 11.7. The zero-order chi connectivity index (χ0) is 22.2. The Morgan fingerprint density at radius 1 is 1.03 bits per heavy atom. The third-order valence-corrected chi connectivity index (χ3v) is 5.33. The van der Waals surface area contributed by atoms with Gasteiger partial charge in [-0.2, -0.15) is 18.3 Å². The first-order valence-electron chi connectivity index (χ1n) is 9.89. The first-order valence-corrected chi connectivity index (χ1v) is 9.89. The molecule has 0 saturated carbocycles. The van der Waals surface area contributed by atoms with E-state index in [4.69, 9.17) is 0 Å². The van der Waals surface area contributed by atoms with Gasteiger partial charge in [0.2, 0.25) is 0 Å². The number of H-pyrrole nitrogens is 1. The van der Waals surface area contributed by atoms with Crippen LogP contribution in [0.15, 0.2) is 67.0 Å². The van der Waals surface area contributed by atoms with E-state index in [1.54, 1.807) is 12.1 Å². The topological polar surface area (TPSA) is 36.9 Å². The summed E-state index contributed by atoms with van der Waals surface area (Å²) in [6, 6.07) is 17.8. The monoisotopic (exact) mass is 424 g/mol. The second kappa shape index (κ2) is 7.98. The summed E-state index contributed by atoms with van der Waals surface area (Å²) in [4.78, 5) is 5.42. The maximum absolute atomic E-state index is 13.0. The van der Waals surface area contributed by atoms with Crippen molar-refractivity contribution in [1.82, 2.24) is 14.8 Å². The minimum atomic E-state index is -4.40. The fraction of sp³-hybridized carbons (Fsp3) is 0.208. The van der Waals surface area contributed by atoms with Gasteiger partial charge in [-0.15, -0.1) is 0 Å². The Bertz CT molecular complexity index is 1180. The van der Waals surface area contributed by atoms with E-state index in [9.17, 15) is 13.2 Å². The molecule has 4 rings (SSSR count). The van der Waals surface area contributed by atoms with Crippen LogP contribution in [0.4, 0.5) is 18.9 Å². The van der Waals surface area contributed by atoms with Crippen molar-refractivity contribution in [1.29, 1.82) is 0 Å². The number of aromatic amines is 1. The first kappa shape index (κ1) is 20.8. The fourth-order valence-corrected chi connectivity index (χ4v) is 3.73. The molecular weight excluding hydrogens is 401 g/mol. The standard InChI is InChI=1S/C24H23F3N4/c1-16-22(24(25,26)27)15-29-31(16)20-10-8-17(9-11-20)12-19-13-18(14-28-19)21-6-4-5-7-23(21)30(2)3/h4-11,13-15,28H,12H2,1-3H3.